The standard InChI is InChI=1S/C14H14N6/c1-20-7-6-17-13(20)10-5-3-2-4-9(10)11-8-18-14(16)19-12(11)15/h2-8H,1H3,(H4,15,16,18,19). The SMILES string of the molecule is Cn1ccnc1-c1ccccc1-c1cnc(N)nc1N. The van der Waals surface area contributed by atoms with Gasteiger partial charge < -0.3 is 16.0 Å². The fourth-order valence-electron chi connectivity index (χ4n) is 2.15. The lowest BCUT2D eigenvalue weighted by molar-refractivity contribution is 0.925. The number of nitrogen functional groups attached to an aromatic ring is 2. The van der Waals surface area contributed by atoms with Gasteiger partial charge in [-0.2, -0.15) is 4.98 Å². The van der Waals surface area contributed by atoms with Crippen molar-refractivity contribution in [2.75, 3.05) is 11.5 Å². The Morgan fingerprint density at radius 2 is 1.75 bits per heavy atom. The number of nitrogens with two attached hydrogens (primary N) is 2. The van der Waals surface area contributed by atoms with Crippen LogP contribution < -0.4 is 11.5 Å². The Labute approximate surface area is 116 Å². The number of benzene rings is 1. The number of hydrogen-bond donors (Lipinski definition) is 2. The van der Waals surface area contributed by atoms with Crippen LogP contribution in [0, 0.1) is 0 Å². The molecule has 0 saturated carbocycles. The zero-order valence-corrected chi connectivity index (χ0v) is 11.0. The highest BCUT2D eigenvalue weighted by Crippen LogP contribution is 2.33. The topological polar surface area (TPSA) is 95.6 Å². The molecule has 2 aromatic heterocycles. The largest absolute Gasteiger partial charge is 0.383 e. The zero-order valence-electron chi connectivity index (χ0n) is 11.0. The van der Waals surface area contributed by atoms with Crippen molar-refractivity contribution in [3.8, 4) is 22.5 Å². The maximum atomic E-state index is 5.96. The van der Waals surface area contributed by atoms with Gasteiger partial charge in [-0.25, -0.2) is 9.97 Å². The molecule has 0 radical (unpaired) electrons. The van der Waals surface area contributed by atoms with Gasteiger partial charge in [0, 0.05) is 36.8 Å². The van der Waals surface area contributed by atoms with E-state index in [9.17, 15) is 0 Å². The lowest BCUT2D eigenvalue weighted by Gasteiger charge is -2.11. The molecule has 100 valence electrons. The fraction of sp³-hybridized carbons (Fsp3) is 0.0714. The van der Waals surface area contributed by atoms with E-state index in [1.54, 1.807) is 12.4 Å². The van der Waals surface area contributed by atoms with Crippen LogP contribution in [0.2, 0.25) is 0 Å². The Morgan fingerprint density at radius 1 is 1.00 bits per heavy atom. The summed E-state index contributed by atoms with van der Waals surface area (Å²) in [5.74, 6) is 1.39. The van der Waals surface area contributed by atoms with E-state index in [0.29, 0.717) is 5.82 Å². The molecule has 4 N–H and O–H groups in total. The van der Waals surface area contributed by atoms with Crippen molar-refractivity contribution in [1.82, 2.24) is 19.5 Å². The van der Waals surface area contributed by atoms with Crippen molar-refractivity contribution < 1.29 is 0 Å². The van der Waals surface area contributed by atoms with Gasteiger partial charge in [0.25, 0.3) is 0 Å². The number of rotatable bonds is 2. The Hall–Kier alpha value is -2.89. The number of aryl methyl sites for hydroxylation is 1. The summed E-state index contributed by atoms with van der Waals surface area (Å²) in [4.78, 5) is 12.4. The molecule has 6 heteroatoms. The summed E-state index contributed by atoms with van der Waals surface area (Å²) in [6.45, 7) is 0. The van der Waals surface area contributed by atoms with Gasteiger partial charge in [0.05, 0.1) is 0 Å². The summed E-state index contributed by atoms with van der Waals surface area (Å²) in [6.07, 6.45) is 5.29. The normalized spacial score (nSPS) is 10.7. The molecule has 0 atom stereocenters. The van der Waals surface area contributed by atoms with Crippen molar-refractivity contribution >= 4 is 11.8 Å². The predicted molar refractivity (Wildman–Crippen MR) is 78.5 cm³/mol. The Morgan fingerprint density at radius 3 is 2.40 bits per heavy atom. The lowest BCUT2D eigenvalue weighted by atomic mass is 10.0. The Bertz CT molecular complexity index is 762. The number of aromatic nitrogens is 4. The van der Waals surface area contributed by atoms with Crippen LogP contribution >= 0.6 is 0 Å². The second-order valence-corrected chi connectivity index (χ2v) is 4.43. The van der Waals surface area contributed by atoms with E-state index in [2.05, 4.69) is 15.0 Å². The number of nitrogens with zero attached hydrogens (tertiary/aromatic N) is 4. The minimum atomic E-state index is 0.167. The smallest absolute Gasteiger partial charge is 0.221 e. The van der Waals surface area contributed by atoms with E-state index < -0.39 is 0 Å². The minimum Gasteiger partial charge on any atom is -0.383 e. The van der Waals surface area contributed by atoms with Crippen LogP contribution in [0.3, 0.4) is 0 Å². The van der Waals surface area contributed by atoms with Gasteiger partial charge in [0.1, 0.15) is 11.6 Å². The number of hydrogen-bond acceptors (Lipinski definition) is 5. The van der Waals surface area contributed by atoms with Crippen molar-refractivity contribution in [2.45, 2.75) is 0 Å². The molecule has 0 aliphatic rings. The molecule has 0 saturated heterocycles. The zero-order chi connectivity index (χ0) is 14.1. The molecule has 20 heavy (non-hydrogen) atoms. The first-order valence-corrected chi connectivity index (χ1v) is 6.12. The third-order valence-electron chi connectivity index (χ3n) is 3.12. The third-order valence-corrected chi connectivity index (χ3v) is 3.12. The van der Waals surface area contributed by atoms with E-state index in [1.165, 1.54) is 0 Å². The lowest BCUT2D eigenvalue weighted by Crippen LogP contribution is -2.02. The number of imidazole rings is 1. The van der Waals surface area contributed by atoms with Gasteiger partial charge in [0.15, 0.2) is 0 Å². The van der Waals surface area contributed by atoms with E-state index in [0.717, 1.165) is 22.5 Å². The van der Waals surface area contributed by atoms with Gasteiger partial charge in [-0.05, 0) is 5.56 Å². The van der Waals surface area contributed by atoms with Gasteiger partial charge in [-0.15, -0.1) is 0 Å². The molecule has 2 heterocycles. The number of anilines is 2. The third kappa shape index (κ3) is 1.97. The summed E-state index contributed by atoms with van der Waals surface area (Å²) in [6, 6.07) is 7.86. The van der Waals surface area contributed by atoms with Crippen LogP contribution in [0.1, 0.15) is 0 Å². The second kappa shape index (κ2) is 4.65. The van der Waals surface area contributed by atoms with Crippen molar-refractivity contribution in [2.24, 2.45) is 7.05 Å². The summed E-state index contributed by atoms with van der Waals surface area (Å²) in [7, 11) is 1.95. The molecular formula is C14H14N6. The van der Waals surface area contributed by atoms with E-state index in [4.69, 9.17) is 11.5 Å². The second-order valence-electron chi connectivity index (χ2n) is 4.43. The fourth-order valence-corrected chi connectivity index (χ4v) is 2.15. The monoisotopic (exact) mass is 266 g/mol. The maximum absolute atomic E-state index is 5.96. The van der Waals surface area contributed by atoms with Crippen molar-refractivity contribution in [3.63, 3.8) is 0 Å². The summed E-state index contributed by atoms with van der Waals surface area (Å²) in [5, 5.41) is 0. The van der Waals surface area contributed by atoms with Crippen LogP contribution in [0.25, 0.3) is 22.5 Å². The molecule has 1 aromatic carbocycles. The molecule has 3 rings (SSSR count). The molecule has 0 aliphatic carbocycles. The molecule has 0 unspecified atom stereocenters. The molecule has 3 aromatic rings. The van der Waals surface area contributed by atoms with Crippen LogP contribution in [0.5, 0.6) is 0 Å². The Kier molecular flexibility index (Phi) is 2.83. The van der Waals surface area contributed by atoms with Crippen LogP contribution in [-0.4, -0.2) is 19.5 Å². The summed E-state index contributed by atoms with van der Waals surface area (Å²) >= 11 is 0. The van der Waals surface area contributed by atoms with E-state index >= 15 is 0 Å². The summed E-state index contributed by atoms with van der Waals surface area (Å²) in [5.41, 5.74) is 14.1. The molecule has 0 spiro atoms. The van der Waals surface area contributed by atoms with Gasteiger partial charge >= 0.3 is 0 Å². The first kappa shape index (κ1) is 12.2. The molecule has 6 nitrogen and oxygen atoms in total. The van der Waals surface area contributed by atoms with Gasteiger partial charge in [-0.1, -0.05) is 24.3 Å². The minimum absolute atomic E-state index is 0.167. The van der Waals surface area contributed by atoms with Gasteiger partial charge in [0.2, 0.25) is 5.95 Å². The van der Waals surface area contributed by atoms with Crippen molar-refractivity contribution in [1.29, 1.82) is 0 Å². The van der Waals surface area contributed by atoms with Crippen LogP contribution in [-0.2, 0) is 7.05 Å². The highest BCUT2D eigenvalue weighted by Gasteiger charge is 2.13. The maximum Gasteiger partial charge on any atom is 0.221 e. The van der Waals surface area contributed by atoms with Gasteiger partial charge in [-0.3, -0.25) is 0 Å². The molecule has 0 aliphatic heterocycles. The van der Waals surface area contributed by atoms with Crippen LogP contribution in [0.4, 0.5) is 11.8 Å². The highest BCUT2D eigenvalue weighted by atomic mass is 15.0. The van der Waals surface area contributed by atoms with Crippen molar-refractivity contribution in [3.05, 3.63) is 42.9 Å². The molecule has 0 fully saturated rings. The first-order chi connectivity index (χ1) is 9.66. The predicted octanol–water partition coefficient (Wildman–Crippen LogP) is 1.71. The molecular weight excluding hydrogens is 252 g/mol. The quantitative estimate of drug-likeness (QED) is 0.736. The molecule has 0 amide bonds. The average molecular weight is 266 g/mol. The summed E-state index contributed by atoms with van der Waals surface area (Å²) < 4.78 is 1.95. The first-order valence-electron chi connectivity index (χ1n) is 6.12. The van der Waals surface area contributed by atoms with E-state index in [1.807, 2.05) is 42.1 Å². The molecule has 0 bridgehead atoms. The highest BCUT2D eigenvalue weighted by molar-refractivity contribution is 5.85. The van der Waals surface area contributed by atoms with Crippen LogP contribution in [0.15, 0.2) is 42.9 Å². The Balaban J connectivity index is 2.23. The van der Waals surface area contributed by atoms with E-state index in [-0.39, 0.29) is 5.95 Å². The average Bonchev–Trinajstić information content (AvgIpc) is 2.85.